The van der Waals surface area contributed by atoms with Crippen molar-refractivity contribution in [2.24, 2.45) is 5.41 Å². The van der Waals surface area contributed by atoms with Gasteiger partial charge in [-0.05, 0) is 42.4 Å². The molecule has 124 valence electrons. The van der Waals surface area contributed by atoms with Crippen LogP contribution in [0.15, 0.2) is 18.2 Å². The number of fused-ring (bicyclic) bond motifs is 1. The number of hydrogen-bond acceptors (Lipinski definition) is 3. The fourth-order valence-electron chi connectivity index (χ4n) is 2.60. The monoisotopic (exact) mass is 326 g/mol. The first kappa shape index (κ1) is 18.8. The summed E-state index contributed by atoms with van der Waals surface area (Å²) in [5, 5.41) is 6.44. The second kappa shape index (κ2) is 8.39. The summed E-state index contributed by atoms with van der Waals surface area (Å²) in [7, 11) is 1.71. The fraction of sp³-hybridized carbons (Fsp3) is 0.588. The Bertz CT molecular complexity index is 503. The zero-order chi connectivity index (χ0) is 15.3. The molecule has 0 atom stereocenters. The molecule has 1 aliphatic rings. The molecule has 0 radical (unpaired) electrons. The van der Waals surface area contributed by atoms with Gasteiger partial charge in [-0.25, -0.2) is 0 Å². The lowest BCUT2D eigenvalue weighted by Gasteiger charge is -2.25. The summed E-state index contributed by atoms with van der Waals surface area (Å²) in [6, 6.07) is 5.92. The number of methoxy groups -OCH3 is 1. The minimum absolute atomic E-state index is 0. The zero-order valence-electron chi connectivity index (χ0n) is 13.7. The molecule has 0 spiro atoms. The smallest absolute Gasteiger partial charge is 0.251 e. The molecule has 1 aromatic rings. The molecule has 0 saturated heterocycles. The molecule has 22 heavy (non-hydrogen) atoms. The van der Waals surface area contributed by atoms with Crippen molar-refractivity contribution in [3.8, 4) is 0 Å². The maximum Gasteiger partial charge on any atom is 0.251 e. The number of rotatable bonds is 6. The summed E-state index contributed by atoms with van der Waals surface area (Å²) >= 11 is 0. The van der Waals surface area contributed by atoms with Crippen LogP contribution < -0.4 is 10.6 Å². The van der Waals surface area contributed by atoms with Gasteiger partial charge in [0, 0.05) is 38.1 Å². The number of ether oxygens (including phenoxy) is 1. The van der Waals surface area contributed by atoms with Crippen molar-refractivity contribution >= 4 is 24.0 Å². The van der Waals surface area contributed by atoms with Crippen molar-refractivity contribution in [2.75, 3.05) is 32.1 Å². The number of carbonyl (C=O) groups excluding carboxylic acids is 1. The van der Waals surface area contributed by atoms with Crippen LogP contribution in [0.3, 0.4) is 0 Å². The molecule has 1 amide bonds. The number of hydrogen-bond donors (Lipinski definition) is 2. The Morgan fingerprint density at radius 1 is 1.41 bits per heavy atom. The van der Waals surface area contributed by atoms with Gasteiger partial charge >= 0.3 is 0 Å². The summed E-state index contributed by atoms with van der Waals surface area (Å²) in [5.74, 6) is 0.0287. The zero-order valence-corrected chi connectivity index (χ0v) is 14.5. The maximum absolute atomic E-state index is 12.5. The summed E-state index contributed by atoms with van der Waals surface area (Å²) in [6.45, 7) is 6.66. The lowest BCUT2D eigenvalue weighted by Crippen LogP contribution is -2.35. The van der Waals surface area contributed by atoms with E-state index in [0.717, 1.165) is 42.6 Å². The Morgan fingerprint density at radius 3 is 2.91 bits per heavy atom. The predicted molar refractivity (Wildman–Crippen MR) is 93.1 cm³/mol. The molecule has 1 aromatic carbocycles. The highest BCUT2D eigenvalue weighted by atomic mass is 35.5. The Kier molecular flexibility index (Phi) is 7.17. The van der Waals surface area contributed by atoms with Gasteiger partial charge < -0.3 is 15.4 Å². The molecule has 4 nitrogen and oxygen atoms in total. The number of halogens is 1. The minimum atomic E-state index is 0. The molecular formula is C17H27ClN2O2. The van der Waals surface area contributed by atoms with Gasteiger partial charge in [-0.1, -0.05) is 19.9 Å². The van der Waals surface area contributed by atoms with Gasteiger partial charge in [0.2, 0.25) is 0 Å². The molecule has 1 heterocycles. The van der Waals surface area contributed by atoms with E-state index in [1.54, 1.807) is 7.11 Å². The molecule has 0 aromatic heterocycles. The third-order valence-corrected chi connectivity index (χ3v) is 4.05. The highest BCUT2D eigenvalue weighted by Gasteiger charge is 2.21. The van der Waals surface area contributed by atoms with E-state index in [2.05, 4.69) is 24.5 Å². The first-order chi connectivity index (χ1) is 10.0. The van der Waals surface area contributed by atoms with E-state index in [0.29, 0.717) is 13.2 Å². The van der Waals surface area contributed by atoms with Crippen LogP contribution in [0.5, 0.6) is 0 Å². The van der Waals surface area contributed by atoms with E-state index in [1.165, 1.54) is 0 Å². The van der Waals surface area contributed by atoms with E-state index in [-0.39, 0.29) is 23.7 Å². The number of benzene rings is 1. The number of amides is 1. The predicted octanol–water partition coefficient (Wildman–Crippen LogP) is 3.26. The van der Waals surface area contributed by atoms with Crippen molar-refractivity contribution in [3.05, 3.63) is 29.3 Å². The average molecular weight is 327 g/mol. The lowest BCUT2D eigenvalue weighted by atomic mass is 9.89. The first-order valence-corrected chi connectivity index (χ1v) is 7.66. The van der Waals surface area contributed by atoms with Crippen molar-refractivity contribution < 1.29 is 9.53 Å². The van der Waals surface area contributed by atoms with Crippen LogP contribution in [0, 0.1) is 5.41 Å². The average Bonchev–Trinajstić information content (AvgIpc) is 2.50. The summed E-state index contributed by atoms with van der Waals surface area (Å²) in [5.41, 5.74) is 3.10. The Morgan fingerprint density at radius 2 is 2.18 bits per heavy atom. The molecule has 2 N–H and O–H groups in total. The molecule has 1 aliphatic heterocycles. The normalized spacial score (nSPS) is 13.6. The van der Waals surface area contributed by atoms with Crippen LogP contribution in [-0.2, 0) is 11.2 Å². The van der Waals surface area contributed by atoms with Gasteiger partial charge in [0.15, 0.2) is 0 Å². The quantitative estimate of drug-likeness (QED) is 0.843. The Hall–Kier alpha value is -1.26. The van der Waals surface area contributed by atoms with Gasteiger partial charge in [0.05, 0.1) is 0 Å². The van der Waals surface area contributed by atoms with Gasteiger partial charge in [-0.2, -0.15) is 0 Å². The Balaban J connectivity index is 0.00000242. The van der Waals surface area contributed by atoms with Crippen molar-refractivity contribution in [1.82, 2.24) is 5.32 Å². The molecule has 0 unspecified atom stereocenters. The standard InChI is InChI=1S/C17H26N2O2.ClH/c1-17(2,9-11-21-3)12-19-16(20)14-6-4-8-15-13(14)7-5-10-18-15;/h4,6,8,18H,5,7,9-12H2,1-3H3,(H,19,20);1H. The second-order valence-electron chi connectivity index (χ2n) is 6.45. The summed E-state index contributed by atoms with van der Waals surface area (Å²) in [6.07, 6.45) is 2.98. The molecule has 5 heteroatoms. The third kappa shape index (κ3) is 4.89. The van der Waals surface area contributed by atoms with E-state index in [4.69, 9.17) is 4.74 Å². The second-order valence-corrected chi connectivity index (χ2v) is 6.45. The summed E-state index contributed by atoms with van der Waals surface area (Å²) < 4.78 is 5.12. The largest absolute Gasteiger partial charge is 0.385 e. The van der Waals surface area contributed by atoms with Crippen LogP contribution in [0.4, 0.5) is 5.69 Å². The maximum atomic E-state index is 12.5. The van der Waals surface area contributed by atoms with Gasteiger partial charge in [0.25, 0.3) is 5.91 Å². The lowest BCUT2D eigenvalue weighted by molar-refractivity contribution is 0.0920. The van der Waals surface area contributed by atoms with Crippen LogP contribution in [0.2, 0.25) is 0 Å². The molecule has 0 bridgehead atoms. The Labute approximate surface area is 139 Å². The fourth-order valence-corrected chi connectivity index (χ4v) is 2.60. The van der Waals surface area contributed by atoms with Crippen molar-refractivity contribution in [1.29, 1.82) is 0 Å². The van der Waals surface area contributed by atoms with Crippen molar-refractivity contribution in [3.63, 3.8) is 0 Å². The van der Waals surface area contributed by atoms with Gasteiger partial charge in [-0.3, -0.25) is 4.79 Å². The molecule has 0 saturated carbocycles. The molecular weight excluding hydrogens is 300 g/mol. The topological polar surface area (TPSA) is 50.4 Å². The molecule has 0 fully saturated rings. The van der Waals surface area contributed by atoms with E-state index < -0.39 is 0 Å². The van der Waals surface area contributed by atoms with Crippen LogP contribution in [0.25, 0.3) is 0 Å². The number of carbonyl (C=O) groups is 1. The third-order valence-electron chi connectivity index (χ3n) is 4.05. The minimum Gasteiger partial charge on any atom is -0.385 e. The van der Waals surface area contributed by atoms with Crippen molar-refractivity contribution in [2.45, 2.75) is 33.1 Å². The first-order valence-electron chi connectivity index (χ1n) is 7.66. The number of anilines is 1. The summed E-state index contributed by atoms with van der Waals surface area (Å²) in [4.78, 5) is 12.5. The molecule has 0 aliphatic carbocycles. The SMILES string of the molecule is COCCC(C)(C)CNC(=O)c1cccc2c1CCCN2.Cl. The molecule has 2 rings (SSSR count). The van der Waals surface area contributed by atoms with E-state index in [1.807, 2.05) is 18.2 Å². The highest BCUT2D eigenvalue weighted by molar-refractivity contribution is 5.97. The van der Waals surface area contributed by atoms with Gasteiger partial charge in [0.1, 0.15) is 0 Å². The van der Waals surface area contributed by atoms with Crippen LogP contribution >= 0.6 is 12.4 Å². The van der Waals surface area contributed by atoms with Gasteiger partial charge in [-0.15, -0.1) is 12.4 Å². The van der Waals surface area contributed by atoms with E-state index >= 15 is 0 Å². The van der Waals surface area contributed by atoms with E-state index in [9.17, 15) is 4.79 Å². The highest BCUT2D eigenvalue weighted by Crippen LogP contribution is 2.25. The number of nitrogens with one attached hydrogen (secondary N) is 2. The van der Waals surface area contributed by atoms with Crippen LogP contribution in [-0.4, -0.2) is 32.7 Å². The van der Waals surface area contributed by atoms with Crippen LogP contribution in [0.1, 0.15) is 42.6 Å².